The zero-order chi connectivity index (χ0) is 25.5. The van der Waals surface area contributed by atoms with E-state index in [1.165, 1.54) is 18.9 Å². The number of halogens is 1. The average molecular weight is 525 g/mol. The largest absolute Gasteiger partial charge is 0.491 e. The van der Waals surface area contributed by atoms with Crippen LogP contribution in [-0.4, -0.2) is 56.3 Å². The second-order valence-electron chi connectivity index (χ2n) is 9.52. The Morgan fingerprint density at radius 3 is 2.79 bits per heavy atom. The SMILES string of the molecule is Fc1ccc(-c2cccc3[nH]c(-c4n[nH]c5ccc(-c6cncc(OCCN7CCCC7)c6)nc45)cc23)s1. The first kappa shape index (κ1) is 23.1. The number of fused-ring (bicyclic) bond motifs is 2. The van der Waals surface area contributed by atoms with Crippen molar-refractivity contribution in [1.82, 2.24) is 30.0 Å². The molecule has 38 heavy (non-hydrogen) atoms. The molecule has 1 aromatic carbocycles. The maximum atomic E-state index is 13.7. The number of nitrogens with one attached hydrogen (secondary N) is 2. The summed E-state index contributed by atoms with van der Waals surface area (Å²) in [5.41, 5.74) is 6.80. The Morgan fingerprint density at radius 1 is 1.00 bits per heavy atom. The number of likely N-dealkylation sites (tertiary alicyclic amines) is 1. The van der Waals surface area contributed by atoms with E-state index in [4.69, 9.17) is 9.72 Å². The number of ether oxygens (including phenoxy) is 1. The van der Waals surface area contributed by atoms with Crippen LogP contribution in [0.15, 0.2) is 67.0 Å². The van der Waals surface area contributed by atoms with Crippen LogP contribution in [0, 0.1) is 5.13 Å². The number of aromatic amines is 2. The molecule has 0 amide bonds. The van der Waals surface area contributed by atoms with Crippen LogP contribution in [0.25, 0.3) is 55.0 Å². The highest BCUT2D eigenvalue weighted by Gasteiger charge is 2.16. The molecule has 0 saturated carbocycles. The van der Waals surface area contributed by atoms with Crippen LogP contribution in [0.1, 0.15) is 12.8 Å². The van der Waals surface area contributed by atoms with Crippen molar-refractivity contribution >= 4 is 33.3 Å². The predicted molar refractivity (Wildman–Crippen MR) is 149 cm³/mol. The summed E-state index contributed by atoms with van der Waals surface area (Å²) in [5.74, 6) is 0.740. The van der Waals surface area contributed by atoms with Crippen LogP contribution in [0.3, 0.4) is 0 Å². The van der Waals surface area contributed by atoms with Gasteiger partial charge < -0.3 is 9.72 Å². The Bertz CT molecular complexity index is 1750. The van der Waals surface area contributed by atoms with Crippen molar-refractivity contribution in [3.05, 3.63) is 72.1 Å². The molecule has 1 fully saturated rings. The van der Waals surface area contributed by atoms with Crippen LogP contribution < -0.4 is 4.74 Å². The highest BCUT2D eigenvalue weighted by molar-refractivity contribution is 7.14. The smallest absolute Gasteiger partial charge is 0.176 e. The van der Waals surface area contributed by atoms with Gasteiger partial charge in [0.2, 0.25) is 0 Å². The maximum Gasteiger partial charge on any atom is 0.176 e. The predicted octanol–water partition coefficient (Wildman–Crippen LogP) is 6.51. The number of rotatable bonds is 7. The third-order valence-corrected chi connectivity index (χ3v) is 7.96. The molecule has 1 aliphatic heterocycles. The fourth-order valence-electron chi connectivity index (χ4n) is 5.14. The molecule has 190 valence electrons. The van der Waals surface area contributed by atoms with Crippen LogP contribution in [0.4, 0.5) is 4.39 Å². The fourth-order valence-corrected chi connectivity index (χ4v) is 5.91. The molecule has 7 nitrogen and oxygen atoms in total. The fraction of sp³-hybridized carbons (Fsp3) is 0.207. The van der Waals surface area contributed by atoms with Crippen molar-refractivity contribution < 1.29 is 9.13 Å². The van der Waals surface area contributed by atoms with E-state index in [2.05, 4.69) is 31.1 Å². The molecule has 0 aliphatic carbocycles. The first-order valence-electron chi connectivity index (χ1n) is 12.7. The van der Waals surface area contributed by atoms with E-state index in [-0.39, 0.29) is 5.13 Å². The standard InChI is InChI=1S/C29H25FN6OS/c30-27-9-8-26(38-27)20-4-3-5-23-21(20)15-25(32-23)29-28-24(34-35-29)7-6-22(33-28)18-14-19(17-31-16-18)37-13-12-36-10-1-2-11-36/h3-9,14-17,32H,1-2,10-13H2,(H,34,35). The second kappa shape index (κ2) is 9.66. The molecule has 7 rings (SSSR count). The van der Waals surface area contributed by atoms with Gasteiger partial charge in [-0.15, -0.1) is 11.3 Å². The molecule has 6 heterocycles. The second-order valence-corrected chi connectivity index (χ2v) is 10.6. The van der Waals surface area contributed by atoms with Gasteiger partial charge in [-0.2, -0.15) is 9.49 Å². The number of H-pyrrole nitrogens is 2. The van der Waals surface area contributed by atoms with E-state index in [1.807, 2.05) is 42.5 Å². The lowest BCUT2D eigenvalue weighted by Crippen LogP contribution is -2.25. The van der Waals surface area contributed by atoms with Gasteiger partial charge in [-0.25, -0.2) is 4.98 Å². The van der Waals surface area contributed by atoms with Gasteiger partial charge in [-0.1, -0.05) is 12.1 Å². The molecule has 5 aromatic heterocycles. The zero-order valence-electron chi connectivity index (χ0n) is 20.6. The maximum absolute atomic E-state index is 13.7. The minimum atomic E-state index is -0.196. The van der Waals surface area contributed by atoms with Crippen molar-refractivity contribution in [2.45, 2.75) is 12.8 Å². The molecule has 2 N–H and O–H groups in total. The summed E-state index contributed by atoms with van der Waals surface area (Å²) in [6, 6.07) is 17.3. The summed E-state index contributed by atoms with van der Waals surface area (Å²) in [7, 11) is 0. The van der Waals surface area contributed by atoms with Crippen molar-refractivity contribution in [2.24, 2.45) is 0 Å². The lowest BCUT2D eigenvalue weighted by atomic mass is 10.1. The van der Waals surface area contributed by atoms with Crippen molar-refractivity contribution in [2.75, 3.05) is 26.2 Å². The van der Waals surface area contributed by atoms with Crippen molar-refractivity contribution in [1.29, 1.82) is 0 Å². The van der Waals surface area contributed by atoms with Gasteiger partial charge >= 0.3 is 0 Å². The number of nitrogens with zero attached hydrogens (tertiary/aromatic N) is 4. The Hall–Kier alpha value is -4.08. The molecular weight excluding hydrogens is 499 g/mol. The molecule has 1 aliphatic rings. The van der Waals surface area contributed by atoms with Crippen LogP contribution in [0.2, 0.25) is 0 Å². The average Bonchev–Trinajstić information content (AvgIpc) is 3.74. The first-order chi connectivity index (χ1) is 18.7. The molecule has 0 unspecified atom stereocenters. The summed E-state index contributed by atoms with van der Waals surface area (Å²) in [6.07, 6.45) is 6.10. The lowest BCUT2D eigenvalue weighted by molar-refractivity contribution is 0.237. The lowest BCUT2D eigenvalue weighted by Gasteiger charge is -2.15. The molecular formula is C29H25FN6OS. The van der Waals surface area contributed by atoms with Crippen LogP contribution in [0.5, 0.6) is 5.75 Å². The van der Waals surface area contributed by atoms with Crippen molar-refractivity contribution in [3.63, 3.8) is 0 Å². The summed E-state index contributed by atoms with van der Waals surface area (Å²) < 4.78 is 19.7. The minimum absolute atomic E-state index is 0.196. The van der Waals surface area contributed by atoms with Crippen LogP contribution in [-0.2, 0) is 0 Å². The third-order valence-electron chi connectivity index (χ3n) is 7.05. The number of pyridine rings is 2. The van der Waals surface area contributed by atoms with Gasteiger partial charge in [0.05, 0.1) is 23.1 Å². The summed E-state index contributed by atoms with van der Waals surface area (Å²) in [5, 5.41) is 8.49. The Morgan fingerprint density at radius 2 is 1.92 bits per heavy atom. The normalized spacial score (nSPS) is 14.1. The molecule has 9 heteroatoms. The number of hydrogen-bond acceptors (Lipinski definition) is 6. The number of hydrogen-bond donors (Lipinski definition) is 2. The van der Waals surface area contributed by atoms with E-state index in [1.54, 1.807) is 12.4 Å². The zero-order valence-corrected chi connectivity index (χ0v) is 21.4. The van der Waals surface area contributed by atoms with Gasteiger partial charge in [-0.05, 0) is 68.4 Å². The van der Waals surface area contributed by atoms with Gasteiger partial charge in [-0.3, -0.25) is 15.0 Å². The summed E-state index contributed by atoms with van der Waals surface area (Å²) in [6.45, 7) is 3.89. The van der Waals surface area contributed by atoms with Gasteiger partial charge in [0, 0.05) is 39.6 Å². The quantitative estimate of drug-likeness (QED) is 0.249. The number of benzene rings is 1. The molecule has 0 radical (unpaired) electrons. The van der Waals surface area contributed by atoms with E-state index in [0.29, 0.717) is 6.61 Å². The highest BCUT2D eigenvalue weighted by atomic mass is 32.1. The van der Waals surface area contributed by atoms with Crippen molar-refractivity contribution in [3.8, 4) is 38.8 Å². The molecule has 0 bridgehead atoms. The van der Waals surface area contributed by atoms with Crippen LogP contribution >= 0.6 is 11.3 Å². The Balaban J connectivity index is 1.20. The van der Waals surface area contributed by atoms with E-state index < -0.39 is 0 Å². The summed E-state index contributed by atoms with van der Waals surface area (Å²) >= 11 is 1.14. The topological polar surface area (TPSA) is 82.7 Å². The number of aromatic nitrogens is 5. The number of thiophene rings is 1. The van der Waals surface area contributed by atoms with E-state index >= 15 is 0 Å². The Labute approximate surface area is 222 Å². The monoisotopic (exact) mass is 524 g/mol. The first-order valence-corrected chi connectivity index (χ1v) is 13.6. The molecule has 0 atom stereocenters. The Kier molecular flexibility index (Phi) is 5.87. The summed E-state index contributed by atoms with van der Waals surface area (Å²) in [4.78, 5) is 16.1. The van der Waals surface area contributed by atoms with Gasteiger partial charge in [0.1, 0.15) is 23.6 Å². The molecule has 1 saturated heterocycles. The molecule has 6 aromatic rings. The highest BCUT2D eigenvalue weighted by Crippen LogP contribution is 2.36. The third kappa shape index (κ3) is 4.33. The molecule has 0 spiro atoms. The van der Waals surface area contributed by atoms with E-state index in [9.17, 15) is 4.39 Å². The minimum Gasteiger partial charge on any atom is -0.491 e. The van der Waals surface area contributed by atoms with E-state index in [0.717, 1.165) is 91.7 Å². The van der Waals surface area contributed by atoms with Gasteiger partial charge in [0.15, 0.2) is 5.13 Å². The van der Waals surface area contributed by atoms with Gasteiger partial charge in [0.25, 0.3) is 0 Å².